The highest BCUT2D eigenvalue weighted by Crippen LogP contribution is 2.32. The molecule has 17 heavy (non-hydrogen) atoms. The summed E-state index contributed by atoms with van der Waals surface area (Å²) in [5.74, 6) is 1.47. The van der Waals surface area contributed by atoms with Crippen molar-refractivity contribution < 1.29 is 9.47 Å². The van der Waals surface area contributed by atoms with Crippen molar-refractivity contribution in [3.63, 3.8) is 0 Å². The van der Waals surface area contributed by atoms with Crippen molar-refractivity contribution in [3.8, 4) is 11.5 Å². The predicted octanol–water partition coefficient (Wildman–Crippen LogP) is 2.65. The second-order valence-electron chi connectivity index (χ2n) is 4.25. The molecular formula is C13H17NO2S. The molecule has 1 aliphatic carbocycles. The summed E-state index contributed by atoms with van der Waals surface area (Å²) in [6.07, 6.45) is 5.07. The van der Waals surface area contributed by atoms with E-state index in [0.29, 0.717) is 16.8 Å². The molecule has 0 unspecified atom stereocenters. The number of rotatable bonds is 4. The van der Waals surface area contributed by atoms with Crippen molar-refractivity contribution >= 4 is 17.2 Å². The van der Waals surface area contributed by atoms with E-state index in [1.54, 1.807) is 7.11 Å². The molecule has 1 fully saturated rings. The van der Waals surface area contributed by atoms with Gasteiger partial charge in [-0.2, -0.15) is 0 Å². The number of benzene rings is 1. The molecule has 0 atom stereocenters. The van der Waals surface area contributed by atoms with Gasteiger partial charge in [-0.3, -0.25) is 0 Å². The molecule has 1 aromatic rings. The molecule has 0 heterocycles. The zero-order valence-electron chi connectivity index (χ0n) is 9.94. The minimum Gasteiger partial charge on any atom is -0.493 e. The molecule has 4 heteroatoms. The predicted molar refractivity (Wildman–Crippen MR) is 71.8 cm³/mol. The van der Waals surface area contributed by atoms with Crippen molar-refractivity contribution in [2.24, 2.45) is 5.73 Å². The highest BCUT2D eigenvalue weighted by Gasteiger charge is 2.18. The summed E-state index contributed by atoms with van der Waals surface area (Å²) in [7, 11) is 1.63. The van der Waals surface area contributed by atoms with Gasteiger partial charge in [0, 0.05) is 5.56 Å². The van der Waals surface area contributed by atoms with Gasteiger partial charge in [0.2, 0.25) is 0 Å². The van der Waals surface area contributed by atoms with Crippen LogP contribution in [0.2, 0.25) is 0 Å². The lowest BCUT2D eigenvalue weighted by Gasteiger charge is -2.16. The molecule has 1 saturated carbocycles. The van der Waals surface area contributed by atoms with E-state index in [0.717, 1.165) is 24.2 Å². The Hall–Kier alpha value is -1.29. The normalized spacial score (nSPS) is 15.8. The quantitative estimate of drug-likeness (QED) is 0.836. The topological polar surface area (TPSA) is 44.5 Å². The third-order valence-corrected chi connectivity index (χ3v) is 3.28. The van der Waals surface area contributed by atoms with E-state index < -0.39 is 0 Å². The molecule has 0 aromatic heterocycles. The molecule has 0 radical (unpaired) electrons. The largest absolute Gasteiger partial charge is 0.493 e. The summed E-state index contributed by atoms with van der Waals surface area (Å²) in [4.78, 5) is 0.371. The van der Waals surface area contributed by atoms with Crippen LogP contribution in [0.25, 0.3) is 0 Å². The first-order valence-corrected chi connectivity index (χ1v) is 6.26. The van der Waals surface area contributed by atoms with Gasteiger partial charge in [0.25, 0.3) is 0 Å². The standard InChI is InChI=1S/C13H17NO2S/c1-15-12-8-9(13(14)17)6-7-11(12)16-10-4-2-3-5-10/h6-8,10H,2-5H2,1H3,(H2,14,17). The number of methoxy groups -OCH3 is 1. The molecule has 0 bridgehead atoms. The van der Waals surface area contributed by atoms with Crippen LogP contribution >= 0.6 is 12.2 Å². The molecule has 0 spiro atoms. The van der Waals surface area contributed by atoms with E-state index in [4.69, 9.17) is 27.4 Å². The van der Waals surface area contributed by atoms with Crippen molar-refractivity contribution in [3.05, 3.63) is 23.8 Å². The van der Waals surface area contributed by atoms with Crippen LogP contribution in [0.3, 0.4) is 0 Å². The van der Waals surface area contributed by atoms with Crippen LogP contribution in [0.15, 0.2) is 18.2 Å². The SMILES string of the molecule is COc1cc(C(N)=S)ccc1OC1CCCC1. The van der Waals surface area contributed by atoms with Gasteiger partial charge < -0.3 is 15.2 Å². The molecule has 1 aliphatic rings. The van der Waals surface area contributed by atoms with Gasteiger partial charge in [-0.05, 0) is 43.9 Å². The molecule has 0 aliphatic heterocycles. The maximum atomic E-state index is 5.92. The van der Waals surface area contributed by atoms with E-state index in [1.807, 2.05) is 18.2 Å². The Morgan fingerprint density at radius 3 is 2.59 bits per heavy atom. The van der Waals surface area contributed by atoms with Gasteiger partial charge in [0.05, 0.1) is 13.2 Å². The lowest BCUT2D eigenvalue weighted by molar-refractivity contribution is 0.201. The Kier molecular flexibility index (Phi) is 3.84. The summed E-state index contributed by atoms with van der Waals surface area (Å²) < 4.78 is 11.2. The number of nitrogens with two attached hydrogens (primary N) is 1. The van der Waals surface area contributed by atoms with Crippen LogP contribution < -0.4 is 15.2 Å². The molecule has 0 amide bonds. The lowest BCUT2D eigenvalue weighted by Crippen LogP contribution is -2.13. The van der Waals surface area contributed by atoms with Crippen LogP contribution in [-0.4, -0.2) is 18.2 Å². The fourth-order valence-corrected chi connectivity index (χ4v) is 2.23. The Balaban J connectivity index is 2.18. The molecule has 1 aromatic carbocycles. The van der Waals surface area contributed by atoms with Crippen molar-refractivity contribution in [1.29, 1.82) is 0 Å². The molecule has 92 valence electrons. The minimum absolute atomic E-state index is 0.319. The maximum Gasteiger partial charge on any atom is 0.161 e. The maximum absolute atomic E-state index is 5.92. The van der Waals surface area contributed by atoms with Gasteiger partial charge >= 0.3 is 0 Å². The van der Waals surface area contributed by atoms with Crippen molar-refractivity contribution in [2.75, 3.05) is 7.11 Å². The Labute approximate surface area is 107 Å². The number of hydrogen-bond acceptors (Lipinski definition) is 3. The zero-order valence-corrected chi connectivity index (χ0v) is 10.8. The monoisotopic (exact) mass is 251 g/mol. The van der Waals surface area contributed by atoms with Gasteiger partial charge in [-0.15, -0.1) is 0 Å². The van der Waals surface area contributed by atoms with Crippen LogP contribution in [0.5, 0.6) is 11.5 Å². The molecule has 3 nitrogen and oxygen atoms in total. The Morgan fingerprint density at radius 1 is 1.29 bits per heavy atom. The first-order chi connectivity index (χ1) is 8.20. The average Bonchev–Trinajstić information content (AvgIpc) is 2.82. The Bertz CT molecular complexity index is 414. The molecule has 2 N–H and O–H groups in total. The van der Waals surface area contributed by atoms with E-state index in [2.05, 4.69) is 0 Å². The van der Waals surface area contributed by atoms with Gasteiger partial charge in [-0.25, -0.2) is 0 Å². The molecular weight excluding hydrogens is 234 g/mol. The second kappa shape index (κ2) is 5.36. The van der Waals surface area contributed by atoms with Gasteiger partial charge in [0.15, 0.2) is 11.5 Å². The highest BCUT2D eigenvalue weighted by molar-refractivity contribution is 7.80. The first-order valence-electron chi connectivity index (χ1n) is 5.85. The fraction of sp³-hybridized carbons (Fsp3) is 0.462. The minimum atomic E-state index is 0.319. The Morgan fingerprint density at radius 2 is 2.00 bits per heavy atom. The number of hydrogen-bond donors (Lipinski definition) is 1. The second-order valence-corrected chi connectivity index (χ2v) is 4.69. The average molecular weight is 251 g/mol. The lowest BCUT2D eigenvalue weighted by atomic mass is 10.2. The third-order valence-electron chi connectivity index (χ3n) is 3.04. The van der Waals surface area contributed by atoms with Crippen LogP contribution in [0.1, 0.15) is 31.2 Å². The van der Waals surface area contributed by atoms with Crippen LogP contribution in [0.4, 0.5) is 0 Å². The first kappa shape index (κ1) is 12.2. The van der Waals surface area contributed by atoms with E-state index in [9.17, 15) is 0 Å². The summed E-state index contributed by atoms with van der Waals surface area (Å²) in [6.45, 7) is 0. The van der Waals surface area contributed by atoms with Crippen LogP contribution in [0, 0.1) is 0 Å². The summed E-state index contributed by atoms with van der Waals surface area (Å²) >= 11 is 4.94. The molecule has 2 rings (SSSR count). The smallest absolute Gasteiger partial charge is 0.161 e. The highest BCUT2D eigenvalue weighted by atomic mass is 32.1. The van der Waals surface area contributed by atoms with Crippen molar-refractivity contribution in [1.82, 2.24) is 0 Å². The van der Waals surface area contributed by atoms with E-state index >= 15 is 0 Å². The number of ether oxygens (including phenoxy) is 2. The van der Waals surface area contributed by atoms with Crippen LogP contribution in [-0.2, 0) is 0 Å². The fourth-order valence-electron chi connectivity index (χ4n) is 2.10. The summed E-state index contributed by atoms with van der Waals surface area (Å²) in [6, 6.07) is 5.58. The zero-order chi connectivity index (χ0) is 12.3. The third kappa shape index (κ3) is 2.88. The van der Waals surface area contributed by atoms with Gasteiger partial charge in [-0.1, -0.05) is 12.2 Å². The summed E-state index contributed by atoms with van der Waals surface area (Å²) in [5, 5.41) is 0. The molecule has 0 saturated heterocycles. The van der Waals surface area contributed by atoms with E-state index in [-0.39, 0.29) is 0 Å². The van der Waals surface area contributed by atoms with Gasteiger partial charge in [0.1, 0.15) is 4.99 Å². The number of thiocarbonyl (C=S) groups is 1. The van der Waals surface area contributed by atoms with Crippen molar-refractivity contribution in [2.45, 2.75) is 31.8 Å². The van der Waals surface area contributed by atoms with E-state index in [1.165, 1.54) is 12.8 Å². The summed E-state index contributed by atoms with van der Waals surface area (Å²) in [5.41, 5.74) is 6.39.